The number of hydrogen-bond acceptors (Lipinski definition) is 2. The van der Waals surface area contributed by atoms with Crippen molar-refractivity contribution in [1.29, 1.82) is 0 Å². The number of aromatic carboxylic acids is 1. The van der Waals surface area contributed by atoms with Crippen molar-refractivity contribution in [3.8, 4) is 5.75 Å². The quantitative estimate of drug-likeness (QED) is 0.745. The summed E-state index contributed by atoms with van der Waals surface area (Å²) < 4.78 is 0. The van der Waals surface area contributed by atoms with Gasteiger partial charge in [0.2, 0.25) is 0 Å². The molecular formula is C7H4Cl2KO3. The fraction of sp³-hybridized carbons (Fsp3) is 0. The van der Waals surface area contributed by atoms with Gasteiger partial charge in [-0.05, 0) is 12.1 Å². The molecule has 1 radical (unpaired) electrons. The molecule has 0 bridgehead atoms. The Kier molecular flexibility index (Phi) is 5.86. The van der Waals surface area contributed by atoms with Gasteiger partial charge in [-0.15, -0.1) is 0 Å². The maximum absolute atomic E-state index is 10.5. The first-order valence-corrected chi connectivity index (χ1v) is 3.70. The van der Waals surface area contributed by atoms with E-state index in [1.165, 1.54) is 12.1 Å². The molecule has 3 nitrogen and oxygen atoms in total. The molecular weight excluding hydrogens is 242 g/mol. The molecule has 0 aromatic heterocycles. The summed E-state index contributed by atoms with van der Waals surface area (Å²) in [7, 11) is 0. The summed E-state index contributed by atoms with van der Waals surface area (Å²) in [6.07, 6.45) is 0. The number of benzene rings is 1. The van der Waals surface area contributed by atoms with Crippen molar-refractivity contribution in [2.45, 2.75) is 0 Å². The van der Waals surface area contributed by atoms with Crippen LogP contribution in [0.3, 0.4) is 0 Å². The first kappa shape index (κ1) is 13.7. The van der Waals surface area contributed by atoms with Crippen molar-refractivity contribution in [1.82, 2.24) is 0 Å². The van der Waals surface area contributed by atoms with E-state index in [9.17, 15) is 4.79 Å². The third kappa shape index (κ3) is 3.09. The zero-order valence-electron chi connectivity index (χ0n) is 6.71. The number of rotatable bonds is 1. The maximum Gasteiger partial charge on any atom is 0.341 e. The number of carboxylic acids is 1. The van der Waals surface area contributed by atoms with E-state index < -0.39 is 11.7 Å². The average Bonchev–Trinajstić information content (AvgIpc) is 1.97. The zero-order valence-corrected chi connectivity index (χ0v) is 11.3. The van der Waals surface area contributed by atoms with Crippen LogP contribution < -0.4 is 0 Å². The van der Waals surface area contributed by atoms with E-state index in [0.717, 1.165) is 0 Å². The molecule has 1 aromatic rings. The molecule has 2 N–H and O–H groups in total. The van der Waals surface area contributed by atoms with E-state index in [1.807, 2.05) is 0 Å². The fourth-order valence-electron chi connectivity index (χ4n) is 0.745. The maximum atomic E-state index is 10.5. The number of carboxylic acid groups (broad SMARTS) is 1. The monoisotopic (exact) mass is 245 g/mol. The van der Waals surface area contributed by atoms with Crippen LogP contribution in [0.4, 0.5) is 0 Å². The van der Waals surface area contributed by atoms with E-state index in [4.69, 9.17) is 33.4 Å². The number of halogens is 2. The van der Waals surface area contributed by atoms with E-state index in [-0.39, 0.29) is 67.0 Å². The molecule has 0 aliphatic rings. The molecule has 0 fully saturated rings. The van der Waals surface area contributed by atoms with E-state index in [0.29, 0.717) is 0 Å². The third-order valence-electron chi connectivity index (χ3n) is 1.29. The first-order valence-electron chi connectivity index (χ1n) is 2.94. The Morgan fingerprint density at radius 1 is 1.23 bits per heavy atom. The SMILES string of the molecule is O=C(O)c1c(Cl)ccc(Cl)c1O.[K]. The van der Waals surface area contributed by atoms with Gasteiger partial charge < -0.3 is 10.2 Å². The normalized spacial score (nSPS) is 9.08. The van der Waals surface area contributed by atoms with Crippen LogP contribution in [0.2, 0.25) is 10.0 Å². The molecule has 65 valence electrons. The summed E-state index contributed by atoms with van der Waals surface area (Å²) in [5.41, 5.74) is -0.371. The fourth-order valence-corrected chi connectivity index (χ4v) is 1.14. The molecule has 0 aliphatic carbocycles. The van der Waals surface area contributed by atoms with Gasteiger partial charge in [-0.1, -0.05) is 23.2 Å². The molecule has 0 amide bonds. The molecule has 0 saturated heterocycles. The second-order valence-electron chi connectivity index (χ2n) is 2.06. The topological polar surface area (TPSA) is 57.5 Å². The van der Waals surface area contributed by atoms with Crippen molar-refractivity contribution in [2.75, 3.05) is 0 Å². The predicted octanol–water partition coefficient (Wildman–Crippen LogP) is 2.02. The molecule has 0 spiro atoms. The zero-order chi connectivity index (χ0) is 9.30. The molecule has 1 rings (SSSR count). The molecule has 0 saturated carbocycles. The van der Waals surface area contributed by atoms with Gasteiger partial charge in [0, 0.05) is 51.4 Å². The summed E-state index contributed by atoms with van der Waals surface area (Å²) in [4.78, 5) is 10.5. The standard InChI is InChI=1S/C7H4Cl2O3.K/c8-3-1-2-4(9)6(10)5(3)7(11)12;/h1-2,10H,(H,11,12);. The predicted molar refractivity (Wildman–Crippen MR) is 50.8 cm³/mol. The van der Waals surface area contributed by atoms with Crippen molar-refractivity contribution < 1.29 is 15.0 Å². The minimum absolute atomic E-state index is 0. The van der Waals surface area contributed by atoms with Crippen LogP contribution in [0.15, 0.2) is 12.1 Å². The Bertz CT molecular complexity index is 341. The Morgan fingerprint density at radius 3 is 2.08 bits per heavy atom. The summed E-state index contributed by atoms with van der Waals surface area (Å²) in [5, 5.41) is 17.7. The minimum atomic E-state index is -1.31. The van der Waals surface area contributed by atoms with Crippen molar-refractivity contribution in [3.63, 3.8) is 0 Å². The molecule has 13 heavy (non-hydrogen) atoms. The van der Waals surface area contributed by atoms with Crippen LogP contribution in [-0.2, 0) is 0 Å². The first-order chi connectivity index (χ1) is 5.54. The van der Waals surface area contributed by atoms with E-state index >= 15 is 0 Å². The summed E-state index contributed by atoms with van der Waals surface area (Å²) in [6.45, 7) is 0. The van der Waals surface area contributed by atoms with Gasteiger partial charge in [-0.2, -0.15) is 0 Å². The van der Waals surface area contributed by atoms with Crippen molar-refractivity contribution >= 4 is 80.6 Å². The summed E-state index contributed by atoms with van der Waals surface area (Å²) in [6, 6.07) is 2.64. The van der Waals surface area contributed by atoms with Crippen LogP contribution in [0.5, 0.6) is 5.75 Å². The molecule has 0 heterocycles. The van der Waals surface area contributed by atoms with Gasteiger partial charge in [0.15, 0.2) is 0 Å². The summed E-state index contributed by atoms with van der Waals surface area (Å²) in [5.74, 6) is -1.81. The Morgan fingerprint density at radius 2 is 1.69 bits per heavy atom. The van der Waals surface area contributed by atoms with Gasteiger partial charge in [0.25, 0.3) is 0 Å². The Balaban J connectivity index is 0.00000144. The van der Waals surface area contributed by atoms with Crippen molar-refractivity contribution in [2.24, 2.45) is 0 Å². The van der Waals surface area contributed by atoms with Crippen molar-refractivity contribution in [3.05, 3.63) is 27.7 Å². The minimum Gasteiger partial charge on any atom is -0.505 e. The van der Waals surface area contributed by atoms with Gasteiger partial charge in [-0.3, -0.25) is 0 Å². The van der Waals surface area contributed by atoms with Crippen LogP contribution in [0.1, 0.15) is 10.4 Å². The molecule has 0 unspecified atom stereocenters. The summed E-state index contributed by atoms with van der Waals surface area (Å²) >= 11 is 11.0. The smallest absolute Gasteiger partial charge is 0.341 e. The van der Waals surface area contributed by atoms with Gasteiger partial charge in [0.1, 0.15) is 11.3 Å². The molecule has 1 aromatic carbocycles. The number of hydrogen-bond donors (Lipinski definition) is 2. The Hall–Kier alpha value is 0.706. The molecule has 0 atom stereocenters. The largest absolute Gasteiger partial charge is 0.505 e. The Labute approximate surface area is 127 Å². The van der Waals surface area contributed by atoms with Crippen LogP contribution in [-0.4, -0.2) is 67.6 Å². The van der Waals surface area contributed by atoms with Crippen LogP contribution in [0, 0.1) is 0 Å². The van der Waals surface area contributed by atoms with E-state index in [1.54, 1.807) is 0 Å². The van der Waals surface area contributed by atoms with Gasteiger partial charge in [0.05, 0.1) is 10.0 Å². The third-order valence-corrected chi connectivity index (χ3v) is 1.91. The average molecular weight is 246 g/mol. The number of phenols is 1. The van der Waals surface area contributed by atoms with Gasteiger partial charge in [-0.25, -0.2) is 4.79 Å². The van der Waals surface area contributed by atoms with Gasteiger partial charge >= 0.3 is 5.97 Å². The van der Waals surface area contributed by atoms with Crippen LogP contribution >= 0.6 is 23.2 Å². The van der Waals surface area contributed by atoms with Crippen LogP contribution in [0.25, 0.3) is 0 Å². The molecule has 0 aliphatic heterocycles. The number of aromatic hydroxyl groups is 1. The van der Waals surface area contributed by atoms with E-state index in [2.05, 4.69) is 0 Å². The number of carbonyl (C=O) groups is 1. The molecule has 6 heteroatoms. The second kappa shape index (κ2) is 5.55. The second-order valence-corrected chi connectivity index (χ2v) is 2.87.